The minimum absolute atomic E-state index is 0.304. The summed E-state index contributed by atoms with van der Waals surface area (Å²) < 4.78 is 29.9. The average molecular weight is 398 g/mol. The zero-order valence-corrected chi connectivity index (χ0v) is 16.1. The predicted molar refractivity (Wildman–Crippen MR) is 104 cm³/mol. The Labute approximate surface area is 168 Å². The van der Waals surface area contributed by atoms with E-state index in [1.54, 1.807) is 30.3 Å². The summed E-state index contributed by atoms with van der Waals surface area (Å²) in [6.07, 6.45) is 3.83. The molecule has 1 aliphatic carbocycles. The van der Waals surface area contributed by atoms with Gasteiger partial charge in [-0.05, 0) is 48.7 Å². The lowest BCUT2D eigenvalue weighted by Gasteiger charge is -2.27. The van der Waals surface area contributed by atoms with E-state index in [9.17, 15) is 14.0 Å². The number of esters is 1. The van der Waals surface area contributed by atoms with Gasteiger partial charge in [-0.3, -0.25) is 9.59 Å². The summed E-state index contributed by atoms with van der Waals surface area (Å²) in [6, 6.07) is 10.9. The molecule has 6 heteroatoms. The molecule has 0 unspecified atom stereocenters. The Bertz CT molecular complexity index is 900. The van der Waals surface area contributed by atoms with Crippen LogP contribution in [0.25, 0.3) is 0 Å². The Morgan fingerprint density at radius 2 is 1.62 bits per heavy atom. The van der Waals surface area contributed by atoms with Crippen molar-refractivity contribution in [3.8, 4) is 11.5 Å². The van der Waals surface area contributed by atoms with Gasteiger partial charge in [0.05, 0.1) is 18.6 Å². The fraction of sp³-hybridized carbons (Fsp3) is 0.391. The minimum Gasteiger partial charge on any atom is -0.490 e. The molecule has 1 heterocycles. The zero-order chi connectivity index (χ0) is 20.3. The third-order valence-corrected chi connectivity index (χ3v) is 5.65. The molecule has 1 fully saturated rings. The molecular formula is C23H23FO5. The van der Waals surface area contributed by atoms with E-state index in [1.165, 1.54) is 12.1 Å². The van der Waals surface area contributed by atoms with E-state index < -0.39 is 11.4 Å². The van der Waals surface area contributed by atoms with Gasteiger partial charge in [-0.2, -0.15) is 0 Å². The lowest BCUT2D eigenvalue weighted by Crippen LogP contribution is -2.35. The maximum atomic E-state index is 13.3. The predicted octanol–water partition coefficient (Wildman–Crippen LogP) is 4.22. The van der Waals surface area contributed by atoms with Gasteiger partial charge in [0.15, 0.2) is 23.9 Å². The molecule has 5 nitrogen and oxygen atoms in total. The summed E-state index contributed by atoms with van der Waals surface area (Å²) in [4.78, 5) is 25.6. The molecule has 2 aromatic carbocycles. The van der Waals surface area contributed by atoms with Gasteiger partial charge in [0.1, 0.15) is 5.82 Å². The molecule has 0 amide bonds. The summed E-state index contributed by atoms with van der Waals surface area (Å²) in [6.45, 7) is 0.755. The van der Waals surface area contributed by atoms with E-state index in [1.807, 2.05) is 0 Å². The molecule has 1 aliphatic heterocycles. The number of fused-ring (bicyclic) bond motifs is 1. The van der Waals surface area contributed by atoms with Crippen LogP contribution in [-0.4, -0.2) is 31.6 Å². The van der Waals surface area contributed by atoms with E-state index in [0.29, 0.717) is 43.1 Å². The second-order valence-electron chi connectivity index (χ2n) is 7.51. The van der Waals surface area contributed by atoms with Gasteiger partial charge >= 0.3 is 5.97 Å². The highest BCUT2D eigenvalue weighted by Gasteiger charge is 2.44. The third-order valence-electron chi connectivity index (χ3n) is 5.65. The first-order chi connectivity index (χ1) is 14.1. The van der Waals surface area contributed by atoms with Crippen LogP contribution in [-0.2, 0) is 14.9 Å². The molecule has 0 aromatic heterocycles. The Kier molecular flexibility index (Phi) is 5.51. The summed E-state index contributed by atoms with van der Waals surface area (Å²) >= 11 is 0. The van der Waals surface area contributed by atoms with Crippen molar-refractivity contribution in [1.29, 1.82) is 0 Å². The van der Waals surface area contributed by atoms with Crippen molar-refractivity contribution < 1.29 is 28.2 Å². The van der Waals surface area contributed by atoms with Gasteiger partial charge in [0, 0.05) is 12.0 Å². The summed E-state index contributed by atoms with van der Waals surface area (Å²) in [5.74, 6) is 0.0564. The van der Waals surface area contributed by atoms with Crippen molar-refractivity contribution in [3.63, 3.8) is 0 Å². The number of rotatable bonds is 5. The molecule has 2 aromatic rings. The van der Waals surface area contributed by atoms with Gasteiger partial charge in [0.25, 0.3) is 0 Å². The second kappa shape index (κ2) is 8.23. The Balaban J connectivity index is 1.46. The van der Waals surface area contributed by atoms with Crippen LogP contribution in [0, 0.1) is 5.82 Å². The molecule has 29 heavy (non-hydrogen) atoms. The Hall–Kier alpha value is -2.89. The summed E-state index contributed by atoms with van der Waals surface area (Å²) in [5.41, 5.74) is 0.340. The fourth-order valence-electron chi connectivity index (χ4n) is 4.05. The largest absolute Gasteiger partial charge is 0.490 e. The van der Waals surface area contributed by atoms with Crippen molar-refractivity contribution >= 4 is 11.8 Å². The summed E-state index contributed by atoms with van der Waals surface area (Å²) in [7, 11) is 0. The molecule has 1 saturated carbocycles. The van der Waals surface area contributed by atoms with Crippen LogP contribution >= 0.6 is 0 Å². The number of hydrogen-bond donors (Lipinski definition) is 0. The highest BCUT2D eigenvalue weighted by atomic mass is 19.1. The first-order valence-corrected chi connectivity index (χ1v) is 9.95. The molecule has 0 radical (unpaired) electrons. The van der Waals surface area contributed by atoms with Crippen LogP contribution in [0.5, 0.6) is 11.5 Å². The number of halogens is 1. The molecule has 0 atom stereocenters. The molecule has 0 N–H and O–H groups in total. The van der Waals surface area contributed by atoms with E-state index in [4.69, 9.17) is 14.2 Å². The topological polar surface area (TPSA) is 61.8 Å². The van der Waals surface area contributed by atoms with E-state index in [0.717, 1.165) is 24.8 Å². The van der Waals surface area contributed by atoms with Gasteiger partial charge in [-0.1, -0.05) is 25.0 Å². The molecule has 0 bridgehead atoms. The highest BCUT2D eigenvalue weighted by Crippen LogP contribution is 2.42. The number of benzene rings is 2. The molecule has 0 saturated heterocycles. The molecular weight excluding hydrogens is 375 g/mol. The molecule has 2 aliphatic rings. The highest BCUT2D eigenvalue weighted by molar-refractivity contribution is 5.99. The van der Waals surface area contributed by atoms with Crippen molar-refractivity contribution in [2.45, 2.75) is 37.5 Å². The van der Waals surface area contributed by atoms with E-state index >= 15 is 0 Å². The number of ether oxygens (including phenoxy) is 3. The van der Waals surface area contributed by atoms with Crippen LogP contribution in [0.3, 0.4) is 0 Å². The molecule has 4 rings (SSSR count). The van der Waals surface area contributed by atoms with Gasteiger partial charge in [-0.15, -0.1) is 0 Å². The second-order valence-corrected chi connectivity index (χ2v) is 7.51. The minimum atomic E-state index is -0.807. The Morgan fingerprint density at radius 3 is 2.34 bits per heavy atom. The van der Waals surface area contributed by atoms with Gasteiger partial charge < -0.3 is 14.2 Å². The number of Topliss-reactive ketones (excluding diaryl/α,β-unsaturated/α-hetero) is 1. The van der Waals surface area contributed by atoms with E-state index in [-0.39, 0.29) is 18.2 Å². The fourth-order valence-corrected chi connectivity index (χ4v) is 4.05. The van der Waals surface area contributed by atoms with Crippen LogP contribution in [0.1, 0.15) is 48.0 Å². The molecule has 152 valence electrons. The first kappa shape index (κ1) is 19.4. The van der Waals surface area contributed by atoms with Crippen molar-refractivity contribution in [2.75, 3.05) is 19.8 Å². The van der Waals surface area contributed by atoms with Gasteiger partial charge in [-0.25, -0.2) is 4.39 Å². The van der Waals surface area contributed by atoms with Crippen LogP contribution in [0.15, 0.2) is 42.5 Å². The lowest BCUT2D eigenvalue weighted by molar-refractivity contribution is -0.149. The number of ketones is 1. The quantitative estimate of drug-likeness (QED) is 0.557. The Morgan fingerprint density at radius 1 is 0.931 bits per heavy atom. The zero-order valence-electron chi connectivity index (χ0n) is 16.1. The first-order valence-electron chi connectivity index (χ1n) is 9.95. The number of hydrogen-bond acceptors (Lipinski definition) is 5. The monoisotopic (exact) mass is 398 g/mol. The van der Waals surface area contributed by atoms with Crippen molar-refractivity contribution in [2.24, 2.45) is 0 Å². The maximum Gasteiger partial charge on any atom is 0.317 e. The van der Waals surface area contributed by atoms with Crippen LogP contribution in [0.2, 0.25) is 0 Å². The maximum absolute atomic E-state index is 13.3. The third kappa shape index (κ3) is 3.97. The van der Waals surface area contributed by atoms with Crippen molar-refractivity contribution in [1.82, 2.24) is 0 Å². The number of carbonyl (C=O) groups excluding carboxylic acids is 2. The van der Waals surface area contributed by atoms with Crippen LogP contribution in [0.4, 0.5) is 4.39 Å². The average Bonchev–Trinajstić information content (AvgIpc) is 3.12. The van der Waals surface area contributed by atoms with Crippen LogP contribution < -0.4 is 9.47 Å². The van der Waals surface area contributed by atoms with E-state index in [2.05, 4.69) is 0 Å². The molecule has 0 spiro atoms. The summed E-state index contributed by atoms with van der Waals surface area (Å²) in [5, 5.41) is 0. The van der Waals surface area contributed by atoms with Gasteiger partial charge in [0.2, 0.25) is 0 Å². The standard InChI is InChI=1S/C23H23FO5/c24-18-7-5-17(6-8-18)23(10-1-2-11-23)22(26)29-15-19(25)16-4-9-20-21(14-16)28-13-3-12-27-20/h4-9,14H,1-3,10-13,15H2. The normalized spacial score (nSPS) is 17.4. The SMILES string of the molecule is O=C(COC(=O)C1(c2ccc(F)cc2)CCCC1)c1ccc2c(c1)OCCCO2. The smallest absolute Gasteiger partial charge is 0.317 e. The number of carbonyl (C=O) groups is 2. The van der Waals surface area contributed by atoms with Crippen molar-refractivity contribution in [3.05, 3.63) is 59.4 Å². The lowest BCUT2D eigenvalue weighted by atomic mass is 9.79.